The van der Waals surface area contributed by atoms with Crippen molar-refractivity contribution in [1.82, 2.24) is 14.5 Å². The molecule has 2 heterocycles. The number of nitrogens with zero attached hydrogens (tertiary/aromatic N) is 3. The molecule has 0 saturated carbocycles. The fourth-order valence-electron chi connectivity index (χ4n) is 1.29. The van der Waals surface area contributed by atoms with E-state index in [9.17, 15) is 4.79 Å². The van der Waals surface area contributed by atoms with Crippen LogP contribution < -0.4 is 10.9 Å². The summed E-state index contributed by atoms with van der Waals surface area (Å²) in [5.41, 5.74) is 2.72. The average Bonchev–Trinajstić information content (AvgIpc) is 2.77. The molecule has 0 aliphatic carbocycles. The van der Waals surface area contributed by atoms with Crippen LogP contribution in [0.5, 0.6) is 0 Å². The lowest BCUT2D eigenvalue weighted by Gasteiger charge is -2.04. The Bertz CT molecular complexity index is 506. The average molecular weight is 236 g/mol. The SMILES string of the molecule is Cn1ccnc(NCCc2cscn2)c1=O. The van der Waals surface area contributed by atoms with Crippen molar-refractivity contribution >= 4 is 17.2 Å². The van der Waals surface area contributed by atoms with Crippen LogP contribution in [0.3, 0.4) is 0 Å². The van der Waals surface area contributed by atoms with Crippen LogP contribution in [0, 0.1) is 0 Å². The van der Waals surface area contributed by atoms with E-state index in [-0.39, 0.29) is 5.56 Å². The highest BCUT2D eigenvalue weighted by atomic mass is 32.1. The van der Waals surface area contributed by atoms with Gasteiger partial charge in [0, 0.05) is 37.8 Å². The lowest BCUT2D eigenvalue weighted by Crippen LogP contribution is -2.22. The first-order valence-electron chi connectivity index (χ1n) is 4.90. The molecule has 84 valence electrons. The van der Waals surface area contributed by atoms with Crippen molar-refractivity contribution in [2.24, 2.45) is 7.05 Å². The summed E-state index contributed by atoms with van der Waals surface area (Å²) in [6.45, 7) is 0.663. The lowest BCUT2D eigenvalue weighted by atomic mass is 10.3. The number of hydrogen-bond donors (Lipinski definition) is 1. The van der Waals surface area contributed by atoms with Gasteiger partial charge in [-0.3, -0.25) is 4.79 Å². The van der Waals surface area contributed by atoms with Crippen LogP contribution in [0.2, 0.25) is 0 Å². The minimum Gasteiger partial charge on any atom is -0.365 e. The van der Waals surface area contributed by atoms with Gasteiger partial charge in [0.05, 0.1) is 11.2 Å². The van der Waals surface area contributed by atoms with Crippen molar-refractivity contribution in [1.29, 1.82) is 0 Å². The number of anilines is 1. The number of aromatic nitrogens is 3. The summed E-state index contributed by atoms with van der Waals surface area (Å²) in [6, 6.07) is 0. The van der Waals surface area contributed by atoms with Crippen LogP contribution in [0.1, 0.15) is 5.69 Å². The second kappa shape index (κ2) is 4.89. The van der Waals surface area contributed by atoms with E-state index in [4.69, 9.17) is 0 Å². The summed E-state index contributed by atoms with van der Waals surface area (Å²) in [5, 5.41) is 5.01. The topological polar surface area (TPSA) is 59.8 Å². The number of thiazole rings is 1. The zero-order chi connectivity index (χ0) is 11.4. The van der Waals surface area contributed by atoms with Crippen molar-refractivity contribution in [3.05, 3.63) is 39.3 Å². The van der Waals surface area contributed by atoms with Crippen molar-refractivity contribution < 1.29 is 0 Å². The standard InChI is InChI=1S/C10H12N4OS/c1-14-5-4-12-9(10(14)15)11-3-2-8-6-16-7-13-8/h4-7H,2-3H2,1H3,(H,11,12). The van der Waals surface area contributed by atoms with E-state index in [1.54, 1.807) is 36.3 Å². The normalized spacial score (nSPS) is 10.3. The van der Waals surface area contributed by atoms with Gasteiger partial charge < -0.3 is 9.88 Å². The minimum absolute atomic E-state index is 0.110. The highest BCUT2D eigenvalue weighted by molar-refractivity contribution is 7.07. The molecule has 0 fully saturated rings. The van der Waals surface area contributed by atoms with Gasteiger partial charge in [-0.05, 0) is 0 Å². The van der Waals surface area contributed by atoms with Gasteiger partial charge in [0.15, 0.2) is 5.82 Å². The van der Waals surface area contributed by atoms with Gasteiger partial charge in [0.2, 0.25) is 0 Å². The maximum Gasteiger partial charge on any atom is 0.293 e. The number of rotatable bonds is 4. The molecule has 6 heteroatoms. The fraction of sp³-hybridized carbons (Fsp3) is 0.300. The molecule has 0 unspecified atom stereocenters. The Hall–Kier alpha value is -1.69. The second-order valence-electron chi connectivity index (χ2n) is 3.35. The quantitative estimate of drug-likeness (QED) is 0.856. The molecule has 0 radical (unpaired) electrons. The lowest BCUT2D eigenvalue weighted by molar-refractivity contribution is 0.836. The number of nitrogens with one attached hydrogen (secondary N) is 1. The predicted molar refractivity (Wildman–Crippen MR) is 63.8 cm³/mol. The molecule has 0 aromatic carbocycles. The van der Waals surface area contributed by atoms with Gasteiger partial charge in [-0.25, -0.2) is 9.97 Å². The van der Waals surface area contributed by atoms with E-state index in [2.05, 4.69) is 15.3 Å². The van der Waals surface area contributed by atoms with E-state index in [1.807, 2.05) is 5.38 Å². The molecule has 1 N–H and O–H groups in total. The Morgan fingerprint density at radius 1 is 1.50 bits per heavy atom. The highest BCUT2D eigenvalue weighted by Crippen LogP contribution is 2.01. The summed E-state index contributed by atoms with van der Waals surface area (Å²) in [6.07, 6.45) is 4.03. The molecular weight excluding hydrogens is 224 g/mol. The number of aryl methyl sites for hydroxylation is 1. The highest BCUT2D eigenvalue weighted by Gasteiger charge is 2.01. The van der Waals surface area contributed by atoms with Crippen LogP contribution in [0.25, 0.3) is 0 Å². The molecule has 2 aromatic heterocycles. The Balaban J connectivity index is 1.95. The molecule has 2 rings (SSSR count). The van der Waals surface area contributed by atoms with Gasteiger partial charge in [0.1, 0.15) is 0 Å². The van der Waals surface area contributed by atoms with Crippen molar-refractivity contribution in [3.63, 3.8) is 0 Å². The van der Waals surface area contributed by atoms with E-state index in [1.165, 1.54) is 4.57 Å². The van der Waals surface area contributed by atoms with Crippen LogP contribution in [-0.2, 0) is 13.5 Å². The monoisotopic (exact) mass is 236 g/mol. The molecule has 2 aromatic rings. The smallest absolute Gasteiger partial charge is 0.293 e. The van der Waals surface area contributed by atoms with Crippen LogP contribution in [0.15, 0.2) is 28.1 Å². The van der Waals surface area contributed by atoms with E-state index >= 15 is 0 Å². The summed E-state index contributed by atoms with van der Waals surface area (Å²) >= 11 is 1.57. The van der Waals surface area contributed by atoms with Crippen LogP contribution in [-0.4, -0.2) is 21.1 Å². The van der Waals surface area contributed by atoms with Gasteiger partial charge in [-0.1, -0.05) is 0 Å². The Labute approximate surface area is 96.8 Å². The zero-order valence-corrected chi connectivity index (χ0v) is 9.70. The molecule has 0 saturated heterocycles. The van der Waals surface area contributed by atoms with Crippen LogP contribution >= 0.6 is 11.3 Å². The van der Waals surface area contributed by atoms with Gasteiger partial charge in [-0.15, -0.1) is 11.3 Å². The molecular formula is C10H12N4OS. The second-order valence-corrected chi connectivity index (χ2v) is 4.07. The summed E-state index contributed by atoms with van der Waals surface area (Å²) < 4.78 is 1.50. The molecule has 0 bridgehead atoms. The Morgan fingerprint density at radius 3 is 3.12 bits per heavy atom. The van der Waals surface area contributed by atoms with Crippen molar-refractivity contribution in [2.45, 2.75) is 6.42 Å². The number of hydrogen-bond acceptors (Lipinski definition) is 5. The van der Waals surface area contributed by atoms with Crippen molar-refractivity contribution in [2.75, 3.05) is 11.9 Å². The molecule has 0 aliphatic rings. The maximum atomic E-state index is 11.6. The largest absolute Gasteiger partial charge is 0.365 e. The molecule has 0 spiro atoms. The first-order chi connectivity index (χ1) is 7.77. The Morgan fingerprint density at radius 2 is 2.38 bits per heavy atom. The maximum absolute atomic E-state index is 11.6. The third-order valence-corrected chi connectivity index (χ3v) is 2.81. The van der Waals surface area contributed by atoms with E-state index < -0.39 is 0 Å². The first-order valence-corrected chi connectivity index (χ1v) is 5.84. The van der Waals surface area contributed by atoms with Gasteiger partial charge >= 0.3 is 0 Å². The molecule has 0 atom stereocenters. The van der Waals surface area contributed by atoms with E-state index in [0.717, 1.165) is 12.1 Å². The van der Waals surface area contributed by atoms with Gasteiger partial charge in [-0.2, -0.15) is 0 Å². The van der Waals surface area contributed by atoms with Crippen molar-refractivity contribution in [3.8, 4) is 0 Å². The third-order valence-electron chi connectivity index (χ3n) is 2.17. The molecule has 0 amide bonds. The van der Waals surface area contributed by atoms with Crippen LogP contribution in [0.4, 0.5) is 5.82 Å². The van der Waals surface area contributed by atoms with E-state index in [0.29, 0.717) is 12.4 Å². The molecule has 16 heavy (non-hydrogen) atoms. The zero-order valence-electron chi connectivity index (χ0n) is 8.88. The predicted octanol–water partition coefficient (Wildman–Crippen LogP) is 0.891. The van der Waals surface area contributed by atoms with Gasteiger partial charge in [0.25, 0.3) is 5.56 Å². The summed E-state index contributed by atoms with van der Waals surface area (Å²) in [4.78, 5) is 19.7. The summed E-state index contributed by atoms with van der Waals surface area (Å²) in [5.74, 6) is 0.389. The minimum atomic E-state index is -0.110. The fourth-order valence-corrected chi connectivity index (χ4v) is 1.88. The molecule has 5 nitrogen and oxygen atoms in total. The summed E-state index contributed by atoms with van der Waals surface area (Å²) in [7, 11) is 1.70. The molecule has 0 aliphatic heterocycles. The Kier molecular flexibility index (Phi) is 3.31. The third kappa shape index (κ3) is 2.46. The first kappa shape index (κ1) is 10.8.